The van der Waals surface area contributed by atoms with Gasteiger partial charge < -0.3 is 4.74 Å². The zero-order valence-corrected chi connectivity index (χ0v) is 10.0. The summed E-state index contributed by atoms with van der Waals surface area (Å²) in [7, 11) is 0. The summed E-state index contributed by atoms with van der Waals surface area (Å²) in [4.78, 5) is 24.1. The monoisotopic (exact) mass is 236 g/mol. The first-order chi connectivity index (χ1) is 7.65. The zero-order valence-electron chi connectivity index (χ0n) is 9.20. The number of esters is 1. The minimum atomic E-state index is -0.335. The Bertz CT molecular complexity index is 482. The van der Waals surface area contributed by atoms with Crippen LogP contribution in [0.15, 0.2) is 11.5 Å². The van der Waals surface area contributed by atoms with E-state index in [2.05, 4.69) is 0 Å². The summed E-state index contributed by atoms with van der Waals surface area (Å²) in [5.41, 5.74) is 2.17. The highest BCUT2D eigenvalue weighted by Crippen LogP contribution is 2.34. The second-order valence-corrected chi connectivity index (χ2v) is 4.47. The lowest BCUT2D eigenvalue weighted by atomic mass is 9.95. The van der Waals surface area contributed by atoms with Gasteiger partial charge in [-0.05, 0) is 24.8 Å². The molecular weight excluding hydrogens is 224 g/mol. The number of thiophene rings is 1. The van der Waals surface area contributed by atoms with Crippen LogP contribution in [-0.4, -0.2) is 18.4 Å². The fourth-order valence-electron chi connectivity index (χ4n) is 1.76. The van der Waals surface area contributed by atoms with Crippen molar-refractivity contribution in [2.45, 2.75) is 20.3 Å². The topological polar surface area (TPSA) is 43.4 Å². The van der Waals surface area contributed by atoms with Crippen LogP contribution in [0.3, 0.4) is 0 Å². The fourth-order valence-corrected chi connectivity index (χ4v) is 2.86. The molecule has 16 heavy (non-hydrogen) atoms. The summed E-state index contributed by atoms with van der Waals surface area (Å²) < 4.78 is 4.97. The Morgan fingerprint density at radius 2 is 2.31 bits per heavy atom. The third-order valence-corrected chi connectivity index (χ3v) is 3.62. The van der Waals surface area contributed by atoms with Crippen molar-refractivity contribution >= 4 is 28.7 Å². The summed E-state index contributed by atoms with van der Waals surface area (Å²) in [6.07, 6.45) is 1.96. The molecule has 0 aliphatic heterocycles. The molecule has 0 aromatic carbocycles. The fraction of sp³-hybridized carbons (Fsp3) is 0.333. The van der Waals surface area contributed by atoms with E-state index in [1.165, 1.54) is 11.3 Å². The summed E-state index contributed by atoms with van der Waals surface area (Å²) in [5.74, 6) is -0.250. The molecular formula is C12H12O3S. The second-order valence-electron chi connectivity index (χ2n) is 3.59. The minimum absolute atomic E-state index is 0.0850. The van der Waals surface area contributed by atoms with Crippen molar-refractivity contribution in [1.29, 1.82) is 0 Å². The number of ether oxygens (including phenoxy) is 1. The molecule has 2 rings (SSSR count). The first-order valence-electron chi connectivity index (χ1n) is 5.14. The van der Waals surface area contributed by atoms with Gasteiger partial charge in [-0.3, -0.25) is 4.79 Å². The molecule has 1 heterocycles. The third-order valence-electron chi connectivity index (χ3n) is 2.49. The molecule has 0 spiro atoms. The van der Waals surface area contributed by atoms with E-state index in [9.17, 15) is 9.59 Å². The molecule has 1 aliphatic carbocycles. The molecule has 0 radical (unpaired) electrons. The van der Waals surface area contributed by atoms with Gasteiger partial charge in [0.25, 0.3) is 0 Å². The maximum absolute atomic E-state index is 11.7. The number of Topliss-reactive ketones (excluding diaryl/α,β-unsaturated/α-hetero) is 1. The predicted molar refractivity (Wildman–Crippen MR) is 62.6 cm³/mol. The molecule has 0 amide bonds. The van der Waals surface area contributed by atoms with E-state index >= 15 is 0 Å². The molecule has 3 nitrogen and oxygen atoms in total. The number of ketones is 1. The Hall–Kier alpha value is -1.42. The Kier molecular flexibility index (Phi) is 2.92. The second kappa shape index (κ2) is 4.22. The average Bonchev–Trinajstić information content (AvgIpc) is 2.62. The van der Waals surface area contributed by atoms with Crippen LogP contribution in [0, 0.1) is 6.92 Å². The van der Waals surface area contributed by atoms with Gasteiger partial charge in [-0.2, -0.15) is 0 Å². The minimum Gasteiger partial charge on any atom is -0.462 e. The molecule has 0 saturated carbocycles. The summed E-state index contributed by atoms with van der Waals surface area (Å²) in [6.45, 7) is 4.01. The number of aryl methyl sites for hydroxylation is 1. The summed E-state index contributed by atoms with van der Waals surface area (Å²) in [6, 6.07) is 0. The molecule has 4 heteroatoms. The van der Waals surface area contributed by atoms with Crippen LogP contribution in [0.4, 0.5) is 0 Å². The molecule has 0 saturated heterocycles. The highest BCUT2D eigenvalue weighted by atomic mass is 32.1. The van der Waals surface area contributed by atoms with Crippen LogP contribution < -0.4 is 0 Å². The number of allylic oxidation sites excluding steroid dienone is 1. The Morgan fingerprint density at radius 3 is 3.00 bits per heavy atom. The number of hydrogen-bond acceptors (Lipinski definition) is 4. The maximum atomic E-state index is 11.7. The Labute approximate surface area is 97.7 Å². The lowest BCUT2D eigenvalue weighted by Crippen LogP contribution is -2.13. The van der Waals surface area contributed by atoms with Crippen molar-refractivity contribution in [1.82, 2.24) is 0 Å². The zero-order chi connectivity index (χ0) is 11.7. The number of hydrogen-bond donors (Lipinski definition) is 0. The van der Waals surface area contributed by atoms with Crippen molar-refractivity contribution in [2.75, 3.05) is 6.61 Å². The van der Waals surface area contributed by atoms with Crippen LogP contribution in [0.1, 0.15) is 34.1 Å². The molecule has 1 aromatic heterocycles. The van der Waals surface area contributed by atoms with Crippen LogP contribution in [0.2, 0.25) is 0 Å². The van der Waals surface area contributed by atoms with Crippen molar-refractivity contribution in [2.24, 2.45) is 0 Å². The number of rotatable bonds is 2. The average molecular weight is 236 g/mol. The Morgan fingerprint density at radius 1 is 1.56 bits per heavy atom. The highest BCUT2D eigenvalue weighted by molar-refractivity contribution is 7.12. The van der Waals surface area contributed by atoms with Gasteiger partial charge in [0, 0.05) is 12.0 Å². The van der Waals surface area contributed by atoms with Crippen LogP contribution in [0.5, 0.6) is 0 Å². The normalized spacial score (nSPS) is 14.4. The highest BCUT2D eigenvalue weighted by Gasteiger charge is 2.27. The first-order valence-corrected chi connectivity index (χ1v) is 6.02. The van der Waals surface area contributed by atoms with Crippen molar-refractivity contribution in [3.63, 3.8) is 0 Å². The lowest BCUT2D eigenvalue weighted by Gasteiger charge is -2.12. The molecule has 0 fully saturated rings. The van der Waals surface area contributed by atoms with E-state index in [1.54, 1.807) is 13.0 Å². The lowest BCUT2D eigenvalue weighted by molar-refractivity contribution is -0.136. The van der Waals surface area contributed by atoms with Gasteiger partial charge in [0.1, 0.15) is 0 Å². The molecule has 0 unspecified atom stereocenters. The van der Waals surface area contributed by atoms with Crippen molar-refractivity contribution in [3.8, 4) is 0 Å². The maximum Gasteiger partial charge on any atom is 0.339 e. The van der Waals surface area contributed by atoms with Gasteiger partial charge in [-0.15, -0.1) is 11.3 Å². The molecule has 1 aromatic rings. The third kappa shape index (κ3) is 1.69. The molecule has 0 bridgehead atoms. The van der Waals surface area contributed by atoms with Gasteiger partial charge in [-0.1, -0.05) is 6.08 Å². The Balaban J connectivity index is 2.44. The van der Waals surface area contributed by atoms with E-state index in [0.717, 1.165) is 10.4 Å². The molecule has 1 aliphatic rings. The number of carbonyl (C=O) groups excluding carboxylic acids is 2. The van der Waals surface area contributed by atoms with E-state index < -0.39 is 0 Å². The molecule has 84 valence electrons. The van der Waals surface area contributed by atoms with E-state index in [-0.39, 0.29) is 11.8 Å². The van der Waals surface area contributed by atoms with Gasteiger partial charge in [-0.25, -0.2) is 4.79 Å². The van der Waals surface area contributed by atoms with Gasteiger partial charge >= 0.3 is 5.97 Å². The predicted octanol–water partition coefficient (Wildman–Crippen LogP) is 2.59. The summed E-state index contributed by atoms with van der Waals surface area (Å²) >= 11 is 1.43. The first kappa shape index (κ1) is 11.1. The van der Waals surface area contributed by atoms with Crippen LogP contribution in [0.25, 0.3) is 5.57 Å². The quantitative estimate of drug-likeness (QED) is 0.741. The van der Waals surface area contributed by atoms with Crippen molar-refractivity contribution in [3.05, 3.63) is 27.5 Å². The van der Waals surface area contributed by atoms with Gasteiger partial charge in [0.05, 0.1) is 17.1 Å². The number of carbonyl (C=O) groups is 2. The smallest absolute Gasteiger partial charge is 0.339 e. The van der Waals surface area contributed by atoms with E-state index in [4.69, 9.17) is 4.74 Å². The van der Waals surface area contributed by atoms with Gasteiger partial charge in [0.15, 0.2) is 5.78 Å². The van der Waals surface area contributed by atoms with Crippen LogP contribution in [-0.2, 0) is 9.53 Å². The number of fused-ring (bicyclic) bond motifs is 1. The van der Waals surface area contributed by atoms with Crippen LogP contribution >= 0.6 is 11.3 Å². The summed E-state index contributed by atoms with van der Waals surface area (Å²) in [5, 5.41) is 1.90. The van der Waals surface area contributed by atoms with E-state index in [1.807, 2.05) is 12.3 Å². The largest absolute Gasteiger partial charge is 0.462 e. The standard InChI is InChI=1S/C12H12O3S/c1-3-15-12(14)8-4-5-9(13)10-7(2)6-16-11(8)10/h4,6H,3,5H2,1-2H3. The molecule has 0 atom stereocenters. The van der Waals surface area contributed by atoms with Crippen molar-refractivity contribution < 1.29 is 14.3 Å². The van der Waals surface area contributed by atoms with E-state index in [0.29, 0.717) is 24.2 Å². The SMILES string of the molecule is CCOC(=O)C1=CCC(=O)c2c(C)csc21. The molecule has 0 N–H and O–H groups in total. The van der Waals surface area contributed by atoms with Gasteiger partial charge in [0.2, 0.25) is 0 Å².